The van der Waals surface area contributed by atoms with Gasteiger partial charge < -0.3 is 4.57 Å². The quantitative estimate of drug-likeness (QED) is 0.758. The summed E-state index contributed by atoms with van der Waals surface area (Å²) in [5.41, 5.74) is 5.15. The van der Waals surface area contributed by atoms with Gasteiger partial charge in [0.2, 0.25) is 0 Å². The van der Waals surface area contributed by atoms with Crippen molar-refractivity contribution in [3.63, 3.8) is 0 Å². The van der Waals surface area contributed by atoms with E-state index in [4.69, 9.17) is 4.98 Å². The Morgan fingerprint density at radius 3 is 2.24 bits per heavy atom. The van der Waals surface area contributed by atoms with Crippen LogP contribution in [0.15, 0.2) is 12.1 Å². The fourth-order valence-electron chi connectivity index (χ4n) is 2.52. The molecule has 1 aromatic carbocycles. The van der Waals surface area contributed by atoms with Crippen LogP contribution in [0.2, 0.25) is 0 Å². The lowest BCUT2D eigenvalue weighted by atomic mass is 9.97. The van der Waals surface area contributed by atoms with Gasteiger partial charge in [-0.2, -0.15) is 0 Å². The number of aromatic nitrogens is 2. The molecule has 0 aliphatic heterocycles. The number of aryl methyl sites for hydroxylation is 2. The van der Waals surface area contributed by atoms with Gasteiger partial charge in [-0.25, -0.2) is 4.98 Å². The first-order chi connectivity index (χ1) is 7.91. The summed E-state index contributed by atoms with van der Waals surface area (Å²) in [6.45, 7) is 11.1. The first-order valence-corrected chi connectivity index (χ1v) is 6.38. The largest absolute Gasteiger partial charge is 0.331 e. The normalized spacial score (nSPS) is 12.0. The van der Waals surface area contributed by atoms with E-state index >= 15 is 0 Å². The Balaban J connectivity index is 2.72. The standard InChI is InChI=1S/C15H22N2/c1-9(2)12-8-14-13(7-11(12)5)16-15(10(3)4)17(14)6/h7-10H,1-6H3. The van der Waals surface area contributed by atoms with Crippen molar-refractivity contribution in [2.45, 2.75) is 46.5 Å². The summed E-state index contributed by atoms with van der Waals surface area (Å²) in [7, 11) is 2.12. The Morgan fingerprint density at radius 2 is 1.71 bits per heavy atom. The number of benzene rings is 1. The van der Waals surface area contributed by atoms with Crippen molar-refractivity contribution in [3.05, 3.63) is 29.1 Å². The van der Waals surface area contributed by atoms with Crippen LogP contribution >= 0.6 is 0 Å². The zero-order valence-corrected chi connectivity index (χ0v) is 11.7. The zero-order valence-electron chi connectivity index (χ0n) is 11.7. The van der Waals surface area contributed by atoms with Crippen LogP contribution in [0.5, 0.6) is 0 Å². The monoisotopic (exact) mass is 230 g/mol. The summed E-state index contributed by atoms with van der Waals surface area (Å²) in [4.78, 5) is 4.74. The molecule has 0 saturated carbocycles. The summed E-state index contributed by atoms with van der Waals surface area (Å²) in [5, 5.41) is 0. The van der Waals surface area contributed by atoms with Gasteiger partial charge in [0.05, 0.1) is 11.0 Å². The maximum absolute atomic E-state index is 4.74. The Morgan fingerprint density at radius 1 is 1.06 bits per heavy atom. The second-order valence-electron chi connectivity index (χ2n) is 5.54. The molecule has 1 aromatic heterocycles. The van der Waals surface area contributed by atoms with Crippen molar-refractivity contribution in [2.75, 3.05) is 0 Å². The van der Waals surface area contributed by atoms with Crippen molar-refractivity contribution in [2.24, 2.45) is 7.05 Å². The molecule has 0 aliphatic carbocycles. The van der Waals surface area contributed by atoms with Crippen molar-refractivity contribution in [1.82, 2.24) is 9.55 Å². The predicted octanol–water partition coefficient (Wildman–Crippen LogP) is 4.13. The van der Waals surface area contributed by atoms with Gasteiger partial charge >= 0.3 is 0 Å². The highest BCUT2D eigenvalue weighted by Crippen LogP contribution is 2.27. The molecule has 2 rings (SSSR count). The molecule has 1 heterocycles. The third-order valence-corrected chi connectivity index (χ3v) is 3.44. The van der Waals surface area contributed by atoms with Crippen LogP contribution in [-0.2, 0) is 7.05 Å². The minimum absolute atomic E-state index is 0.468. The van der Waals surface area contributed by atoms with E-state index in [1.807, 2.05) is 0 Å². The Labute approximate surface area is 104 Å². The fourth-order valence-corrected chi connectivity index (χ4v) is 2.52. The minimum Gasteiger partial charge on any atom is -0.331 e. The van der Waals surface area contributed by atoms with Crippen molar-refractivity contribution in [3.8, 4) is 0 Å². The summed E-state index contributed by atoms with van der Waals surface area (Å²) in [6, 6.07) is 4.52. The maximum atomic E-state index is 4.74. The Hall–Kier alpha value is -1.31. The molecule has 0 atom stereocenters. The van der Waals surface area contributed by atoms with E-state index in [9.17, 15) is 0 Å². The fraction of sp³-hybridized carbons (Fsp3) is 0.533. The molecule has 0 saturated heterocycles. The van der Waals surface area contributed by atoms with E-state index in [1.165, 1.54) is 22.5 Å². The number of rotatable bonds is 2. The van der Waals surface area contributed by atoms with E-state index in [0.29, 0.717) is 11.8 Å². The molecule has 0 bridgehead atoms. The summed E-state index contributed by atoms with van der Waals surface area (Å²) < 4.78 is 2.23. The minimum atomic E-state index is 0.468. The van der Waals surface area contributed by atoms with Crippen LogP contribution in [0, 0.1) is 6.92 Å². The van der Waals surface area contributed by atoms with Crippen LogP contribution in [0.25, 0.3) is 11.0 Å². The molecule has 92 valence electrons. The Bertz CT molecular complexity index is 548. The van der Waals surface area contributed by atoms with Gasteiger partial charge in [0.1, 0.15) is 5.82 Å². The second-order valence-corrected chi connectivity index (χ2v) is 5.54. The van der Waals surface area contributed by atoms with Gasteiger partial charge in [-0.1, -0.05) is 27.7 Å². The molecule has 17 heavy (non-hydrogen) atoms. The summed E-state index contributed by atoms with van der Waals surface area (Å²) in [6.07, 6.45) is 0. The van der Waals surface area contributed by atoms with E-state index in [1.54, 1.807) is 0 Å². The third-order valence-electron chi connectivity index (χ3n) is 3.44. The van der Waals surface area contributed by atoms with Gasteiger partial charge in [0, 0.05) is 13.0 Å². The number of hydrogen-bond donors (Lipinski definition) is 0. The number of imidazole rings is 1. The van der Waals surface area contributed by atoms with Gasteiger partial charge in [-0.3, -0.25) is 0 Å². The molecular weight excluding hydrogens is 208 g/mol. The molecule has 0 unspecified atom stereocenters. The van der Waals surface area contributed by atoms with Gasteiger partial charge in [-0.15, -0.1) is 0 Å². The molecule has 2 heteroatoms. The highest BCUT2D eigenvalue weighted by atomic mass is 15.1. The van der Waals surface area contributed by atoms with E-state index in [0.717, 1.165) is 5.52 Å². The molecular formula is C15H22N2. The van der Waals surface area contributed by atoms with Crippen LogP contribution in [0.4, 0.5) is 0 Å². The number of hydrogen-bond acceptors (Lipinski definition) is 1. The van der Waals surface area contributed by atoms with Gasteiger partial charge in [0.15, 0.2) is 0 Å². The predicted molar refractivity (Wildman–Crippen MR) is 73.6 cm³/mol. The van der Waals surface area contributed by atoms with Crippen molar-refractivity contribution < 1.29 is 0 Å². The molecule has 0 spiro atoms. The topological polar surface area (TPSA) is 17.8 Å². The van der Waals surface area contributed by atoms with Gasteiger partial charge in [0.25, 0.3) is 0 Å². The third kappa shape index (κ3) is 1.97. The average molecular weight is 230 g/mol. The Kier molecular flexibility index (Phi) is 2.98. The first kappa shape index (κ1) is 12.2. The van der Waals surface area contributed by atoms with Crippen LogP contribution < -0.4 is 0 Å². The molecule has 0 aliphatic rings. The van der Waals surface area contributed by atoms with E-state index in [2.05, 4.69) is 58.4 Å². The van der Waals surface area contributed by atoms with Crippen molar-refractivity contribution >= 4 is 11.0 Å². The van der Waals surface area contributed by atoms with Crippen LogP contribution in [0.1, 0.15) is 56.5 Å². The molecule has 0 radical (unpaired) electrons. The van der Waals surface area contributed by atoms with Crippen molar-refractivity contribution in [1.29, 1.82) is 0 Å². The van der Waals surface area contributed by atoms with Crippen LogP contribution in [0.3, 0.4) is 0 Å². The second kappa shape index (κ2) is 4.17. The summed E-state index contributed by atoms with van der Waals surface area (Å²) >= 11 is 0. The number of nitrogens with zero attached hydrogens (tertiary/aromatic N) is 2. The lowest BCUT2D eigenvalue weighted by Crippen LogP contribution is -1.99. The smallest absolute Gasteiger partial charge is 0.112 e. The SMILES string of the molecule is Cc1cc2nc(C(C)C)n(C)c2cc1C(C)C. The molecule has 0 fully saturated rings. The zero-order chi connectivity index (χ0) is 12.7. The molecule has 0 N–H and O–H groups in total. The lowest BCUT2D eigenvalue weighted by Gasteiger charge is -2.10. The van der Waals surface area contributed by atoms with Crippen LogP contribution in [-0.4, -0.2) is 9.55 Å². The number of fused-ring (bicyclic) bond motifs is 1. The maximum Gasteiger partial charge on any atom is 0.112 e. The molecule has 2 nitrogen and oxygen atoms in total. The highest BCUT2D eigenvalue weighted by molar-refractivity contribution is 5.78. The first-order valence-electron chi connectivity index (χ1n) is 6.38. The van der Waals surface area contributed by atoms with E-state index < -0.39 is 0 Å². The molecule has 0 amide bonds. The highest BCUT2D eigenvalue weighted by Gasteiger charge is 2.13. The lowest BCUT2D eigenvalue weighted by molar-refractivity contribution is 0.722. The summed E-state index contributed by atoms with van der Waals surface area (Å²) in [5.74, 6) is 2.20. The van der Waals surface area contributed by atoms with E-state index in [-0.39, 0.29) is 0 Å². The molecule has 2 aromatic rings. The average Bonchev–Trinajstić information content (AvgIpc) is 2.54. The van der Waals surface area contributed by atoms with Gasteiger partial charge in [-0.05, 0) is 36.1 Å².